The van der Waals surface area contributed by atoms with Gasteiger partial charge >= 0.3 is 6.18 Å². The number of nitrogens with one attached hydrogen (secondary N) is 2. The first kappa shape index (κ1) is 30.4. The van der Waals surface area contributed by atoms with Crippen LogP contribution in [0.1, 0.15) is 43.9 Å². The highest BCUT2D eigenvalue weighted by atomic mass is 32.2. The van der Waals surface area contributed by atoms with E-state index in [2.05, 4.69) is 10.0 Å². The number of carbonyl (C=O) groups excluding carboxylic acids is 1. The van der Waals surface area contributed by atoms with Crippen LogP contribution in [0.5, 0.6) is 11.5 Å². The fourth-order valence-corrected chi connectivity index (χ4v) is 4.49. The number of benzene rings is 2. The lowest BCUT2D eigenvalue weighted by molar-refractivity contribution is -0.137. The first-order valence-electron chi connectivity index (χ1n) is 12.1. The number of ether oxygens (including phenoxy) is 2. The van der Waals surface area contributed by atoms with Gasteiger partial charge in [0.1, 0.15) is 6.04 Å². The van der Waals surface area contributed by atoms with Crippen molar-refractivity contribution in [2.75, 3.05) is 26.0 Å². The van der Waals surface area contributed by atoms with Crippen LogP contribution in [-0.2, 0) is 33.8 Å². The second-order valence-electron chi connectivity index (χ2n) is 8.92. The Morgan fingerprint density at radius 2 is 1.73 bits per heavy atom. The predicted octanol–water partition coefficient (Wildman–Crippen LogP) is 4.35. The minimum atomic E-state index is -4.37. The summed E-state index contributed by atoms with van der Waals surface area (Å²) in [6.07, 6.45) is -2.91. The van der Waals surface area contributed by atoms with E-state index >= 15 is 0 Å². The molecule has 0 spiro atoms. The molecule has 2 aromatic rings. The summed E-state index contributed by atoms with van der Waals surface area (Å²) in [7, 11) is -2.02. The Hall–Kier alpha value is -2.79. The van der Waals surface area contributed by atoms with Crippen LogP contribution in [0.2, 0.25) is 0 Å². The molecule has 0 aliphatic carbocycles. The van der Waals surface area contributed by atoms with Gasteiger partial charge in [0, 0.05) is 6.54 Å². The molecule has 0 saturated carbocycles. The summed E-state index contributed by atoms with van der Waals surface area (Å²) >= 11 is 0. The smallest absolute Gasteiger partial charge is 0.416 e. The van der Waals surface area contributed by atoms with Crippen molar-refractivity contribution in [1.29, 1.82) is 0 Å². The van der Waals surface area contributed by atoms with Crippen molar-refractivity contribution in [2.24, 2.45) is 5.92 Å². The van der Waals surface area contributed by atoms with E-state index in [0.717, 1.165) is 17.7 Å². The van der Waals surface area contributed by atoms with Crippen molar-refractivity contribution in [1.82, 2.24) is 10.0 Å². The van der Waals surface area contributed by atoms with E-state index in [1.807, 2.05) is 6.07 Å². The summed E-state index contributed by atoms with van der Waals surface area (Å²) in [6.45, 7) is 5.65. The third-order valence-corrected chi connectivity index (χ3v) is 7.07. The predicted molar refractivity (Wildman–Crippen MR) is 136 cm³/mol. The maximum Gasteiger partial charge on any atom is 0.416 e. The quantitative estimate of drug-likeness (QED) is 0.345. The van der Waals surface area contributed by atoms with Crippen LogP contribution < -0.4 is 19.5 Å². The number of amides is 1. The summed E-state index contributed by atoms with van der Waals surface area (Å²) in [4.78, 5) is 12.5. The molecule has 2 rings (SSSR count). The van der Waals surface area contributed by atoms with Gasteiger partial charge in [0.2, 0.25) is 15.9 Å². The molecule has 0 bridgehead atoms. The highest BCUT2D eigenvalue weighted by molar-refractivity contribution is 7.89. The second-order valence-corrected chi connectivity index (χ2v) is 11.0. The van der Waals surface area contributed by atoms with E-state index < -0.39 is 27.8 Å². The number of hydrogen-bond donors (Lipinski definition) is 2. The van der Waals surface area contributed by atoms with Gasteiger partial charge in [0.25, 0.3) is 0 Å². The molecule has 1 amide bonds. The molecule has 1 atom stereocenters. The zero-order valence-corrected chi connectivity index (χ0v) is 22.3. The SMILES string of the molecule is CCS(=O)(=O)N[C@H](C(=O)NCCc1ccc(OCCCc2cccc(C(F)(F)F)c2)c(OC)c1)C(C)C. The molecule has 7 nitrogen and oxygen atoms in total. The Morgan fingerprint density at radius 1 is 1.03 bits per heavy atom. The van der Waals surface area contributed by atoms with E-state index in [0.29, 0.717) is 49.5 Å². The summed E-state index contributed by atoms with van der Waals surface area (Å²) < 4.78 is 76.0. The standard InChI is InChI=1S/C26H35F3N2O5S/c1-5-37(33,34)31-24(18(2)3)25(32)30-14-13-20-11-12-22(23(17-20)35-4)36-15-7-9-19-8-6-10-21(16-19)26(27,28)29/h6,8,10-12,16-18,24,31H,5,7,9,13-15H2,1-4H3,(H,30,32)/t24-/m0/s1. The number of carbonyl (C=O) groups is 1. The Labute approximate surface area is 216 Å². The van der Waals surface area contributed by atoms with Crippen molar-refractivity contribution in [3.63, 3.8) is 0 Å². The lowest BCUT2D eigenvalue weighted by Gasteiger charge is -2.21. The van der Waals surface area contributed by atoms with Crippen molar-refractivity contribution < 1.29 is 35.9 Å². The van der Waals surface area contributed by atoms with Crippen LogP contribution in [0, 0.1) is 5.92 Å². The van der Waals surface area contributed by atoms with Gasteiger partial charge in [0.15, 0.2) is 11.5 Å². The fraction of sp³-hybridized carbons (Fsp3) is 0.500. The molecule has 11 heteroatoms. The maximum absolute atomic E-state index is 12.9. The monoisotopic (exact) mass is 544 g/mol. The number of halogens is 3. The van der Waals surface area contributed by atoms with E-state index in [9.17, 15) is 26.4 Å². The van der Waals surface area contributed by atoms with Gasteiger partial charge in [-0.2, -0.15) is 13.2 Å². The van der Waals surface area contributed by atoms with Crippen molar-refractivity contribution in [3.05, 3.63) is 59.2 Å². The zero-order valence-electron chi connectivity index (χ0n) is 21.5. The molecule has 0 aliphatic heterocycles. The van der Waals surface area contributed by atoms with Gasteiger partial charge in [-0.1, -0.05) is 38.1 Å². The van der Waals surface area contributed by atoms with Crippen molar-refractivity contribution in [2.45, 2.75) is 52.3 Å². The third kappa shape index (κ3) is 9.88. The summed E-state index contributed by atoms with van der Waals surface area (Å²) in [5.74, 6) is 0.293. The molecule has 2 aromatic carbocycles. The molecule has 0 saturated heterocycles. The number of methoxy groups -OCH3 is 1. The fourth-order valence-electron chi connectivity index (χ4n) is 3.56. The average molecular weight is 545 g/mol. The number of hydrogen-bond acceptors (Lipinski definition) is 5. The van der Waals surface area contributed by atoms with Gasteiger partial charge in [-0.3, -0.25) is 4.79 Å². The van der Waals surface area contributed by atoms with Crippen molar-refractivity contribution >= 4 is 15.9 Å². The van der Waals surface area contributed by atoms with Gasteiger partial charge in [-0.15, -0.1) is 0 Å². The van der Waals surface area contributed by atoms with Crippen LogP contribution >= 0.6 is 0 Å². The van der Waals surface area contributed by atoms with Gasteiger partial charge in [-0.05, 0) is 61.4 Å². The Bertz CT molecular complexity index is 1140. The average Bonchev–Trinajstić information content (AvgIpc) is 2.85. The van der Waals surface area contributed by atoms with E-state index in [4.69, 9.17) is 9.47 Å². The van der Waals surface area contributed by atoms with Crippen LogP contribution in [0.3, 0.4) is 0 Å². The highest BCUT2D eigenvalue weighted by Gasteiger charge is 2.30. The van der Waals surface area contributed by atoms with E-state index in [-0.39, 0.29) is 17.6 Å². The minimum absolute atomic E-state index is 0.108. The van der Waals surface area contributed by atoms with E-state index in [1.54, 1.807) is 32.0 Å². The van der Waals surface area contributed by atoms with Crippen LogP contribution in [0.25, 0.3) is 0 Å². The van der Waals surface area contributed by atoms with Crippen LogP contribution in [0.15, 0.2) is 42.5 Å². The van der Waals surface area contributed by atoms with Gasteiger partial charge in [0.05, 0.1) is 25.0 Å². The molecule has 206 valence electrons. The molecule has 0 fully saturated rings. The summed E-state index contributed by atoms with van der Waals surface area (Å²) in [6, 6.07) is 9.76. The van der Waals surface area contributed by atoms with Crippen LogP contribution in [0.4, 0.5) is 13.2 Å². The Balaban J connectivity index is 1.87. The lowest BCUT2D eigenvalue weighted by Crippen LogP contribution is -2.50. The molecule has 37 heavy (non-hydrogen) atoms. The van der Waals surface area contributed by atoms with Gasteiger partial charge < -0.3 is 14.8 Å². The maximum atomic E-state index is 12.9. The zero-order chi connectivity index (χ0) is 27.6. The molecule has 0 heterocycles. The number of rotatable bonds is 14. The lowest BCUT2D eigenvalue weighted by atomic mass is 10.0. The summed E-state index contributed by atoms with van der Waals surface area (Å²) in [5, 5.41) is 2.77. The highest BCUT2D eigenvalue weighted by Crippen LogP contribution is 2.30. The number of sulfonamides is 1. The van der Waals surface area contributed by atoms with E-state index in [1.165, 1.54) is 20.1 Å². The molecule has 0 unspecified atom stereocenters. The van der Waals surface area contributed by atoms with Crippen molar-refractivity contribution in [3.8, 4) is 11.5 Å². The molecular weight excluding hydrogens is 509 g/mol. The van der Waals surface area contributed by atoms with Crippen LogP contribution in [-0.4, -0.2) is 46.4 Å². The normalized spacial score (nSPS) is 12.9. The second kappa shape index (κ2) is 13.7. The first-order valence-corrected chi connectivity index (χ1v) is 13.7. The Kier molecular flexibility index (Phi) is 11.2. The molecule has 2 N–H and O–H groups in total. The molecular formula is C26H35F3N2O5S. The topological polar surface area (TPSA) is 93.7 Å². The number of alkyl halides is 3. The first-order chi connectivity index (χ1) is 17.4. The summed E-state index contributed by atoms with van der Waals surface area (Å²) in [5.41, 5.74) is 0.801. The largest absolute Gasteiger partial charge is 0.493 e. The Morgan fingerprint density at radius 3 is 2.35 bits per heavy atom. The third-order valence-electron chi connectivity index (χ3n) is 5.70. The number of aryl methyl sites for hydroxylation is 1. The van der Waals surface area contributed by atoms with Gasteiger partial charge in [-0.25, -0.2) is 13.1 Å². The molecule has 0 aliphatic rings. The minimum Gasteiger partial charge on any atom is -0.493 e. The molecule has 0 radical (unpaired) electrons. The molecule has 0 aromatic heterocycles.